The molecule has 1 saturated heterocycles. The first-order valence-corrected chi connectivity index (χ1v) is 8.48. The second-order valence-electron chi connectivity index (χ2n) is 6.23. The summed E-state index contributed by atoms with van der Waals surface area (Å²) in [5, 5.41) is 2.92. The number of rotatable bonds is 8. The van der Waals surface area contributed by atoms with Crippen LogP contribution < -0.4 is 15.8 Å². The first-order chi connectivity index (χ1) is 11.1. The molecule has 1 atom stereocenters. The summed E-state index contributed by atoms with van der Waals surface area (Å²) in [5.41, 5.74) is 6.46. The molecule has 0 saturated carbocycles. The van der Waals surface area contributed by atoms with Gasteiger partial charge in [-0.25, -0.2) is 0 Å². The van der Waals surface area contributed by atoms with E-state index >= 15 is 0 Å². The van der Waals surface area contributed by atoms with Gasteiger partial charge >= 0.3 is 0 Å². The standard InChI is InChI=1S/C18H28N2O3/c1-3-18(19,4-2)13-20-17(21)14-7-5-8-15(11-14)23-12-16-9-6-10-22-16/h5,7-8,11,16H,3-4,6,9-10,12-13,19H2,1-2H3,(H,20,21). The number of benzene rings is 1. The van der Waals surface area contributed by atoms with E-state index in [1.54, 1.807) is 12.1 Å². The third-order valence-electron chi connectivity index (χ3n) is 4.57. The van der Waals surface area contributed by atoms with E-state index in [0.717, 1.165) is 32.3 Å². The van der Waals surface area contributed by atoms with E-state index in [1.807, 2.05) is 26.0 Å². The van der Waals surface area contributed by atoms with Crippen LogP contribution >= 0.6 is 0 Å². The quantitative estimate of drug-likeness (QED) is 0.772. The summed E-state index contributed by atoms with van der Waals surface area (Å²) in [6.45, 7) is 5.89. The zero-order valence-corrected chi connectivity index (χ0v) is 14.1. The maximum atomic E-state index is 12.3. The average molecular weight is 320 g/mol. The van der Waals surface area contributed by atoms with Gasteiger partial charge in [0.05, 0.1) is 6.10 Å². The monoisotopic (exact) mass is 320 g/mol. The Morgan fingerprint density at radius 3 is 2.87 bits per heavy atom. The van der Waals surface area contributed by atoms with Crippen molar-refractivity contribution in [1.29, 1.82) is 0 Å². The molecule has 1 fully saturated rings. The molecule has 1 aliphatic heterocycles. The fourth-order valence-electron chi connectivity index (χ4n) is 2.55. The molecule has 128 valence electrons. The number of nitrogens with two attached hydrogens (primary N) is 1. The molecule has 23 heavy (non-hydrogen) atoms. The number of ether oxygens (including phenoxy) is 2. The summed E-state index contributed by atoms with van der Waals surface area (Å²) < 4.78 is 11.3. The molecule has 3 N–H and O–H groups in total. The van der Waals surface area contributed by atoms with E-state index in [4.69, 9.17) is 15.2 Å². The van der Waals surface area contributed by atoms with E-state index < -0.39 is 0 Å². The van der Waals surface area contributed by atoms with Crippen molar-refractivity contribution in [2.45, 2.75) is 51.2 Å². The molecule has 1 aliphatic rings. The predicted octanol–water partition coefficient (Wildman–Crippen LogP) is 2.49. The van der Waals surface area contributed by atoms with Crippen molar-refractivity contribution in [3.05, 3.63) is 29.8 Å². The number of amides is 1. The minimum Gasteiger partial charge on any atom is -0.491 e. The number of carbonyl (C=O) groups is 1. The van der Waals surface area contributed by atoms with Crippen LogP contribution in [0.2, 0.25) is 0 Å². The van der Waals surface area contributed by atoms with E-state index in [2.05, 4.69) is 5.32 Å². The maximum Gasteiger partial charge on any atom is 0.251 e. The van der Waals surface area contributed by atoms with E-state index in [-0.39, 0.29) is 17.6 Å². The van der Waals surface area contributed by atoms with Crippen molar-refractivity contribution in [2.24, 2.45) is 5.73 Å². The van der Waals surface area contributed by atoms with Crippen LogP contribution in [0.5, 0.6) is 5.75 Å². The molecule has 0 aromatic heterocycles. The minimum atomic E-state index is -0.344. The molecule has 0 bridgehead atoms. The number of nitrogens with one attached hydrogen (secondary N) is 1. The van der Waals surface area contributed by atoms with Gasteiger partial charge in [-0.15, -0.1) is 0 Å². The highest BCUT2D eigenvalue weighted by atomic mass is 16.5. The van der Waals surface area contributed by atoms with Gasteiger partial charge in [0.2, 0.25) is 0 Å². The number of hydrogen-bond acceptors (Lipinski definition) is 4. The van der Waals surface area contributed by atoms with E-state index in [0.29, 0.717) is 24.5 Å². The second-order valence-corrected chi connectivity index (χ2v) is 6.23. The Bertz CT molecular complexity index is 509. The Morgan fingerprint density at radius 1 is 1.43 bits per heavy atom. The van der Waals surface area contributed by atoms with Crippen molar-refractivity contribution in [3.63, 3.8) is 0 Å². The molecule has 5 nitrogen and oxygen atoms in total. The third kappa shape index (κ3) is 5.22. The van der Waals surface area contributed by atoms with Gasteiger partial charge in [-0.2, -0.15) is 0 Å². The lowest BCUT2D eigenvalue weighted by Crippen LogP contribution is -2.49. The van der Waals surface area contributed by atoms with E-state index in [1.165, 1.54) is 0 Å². The molecule has 0 aliphatic carbocycles. The molecular formula is C18H28N2O3. The summed E-state index contributed by atoms with van der Waals surface area (Å²) in [6, 6.07) is 7.23. The van der Waals surface area contributed by atoms with Crippen LogP contribution in [0, 0.1) is 0 Å². The molecule has 1 amide bonds. The Kier molecular flexibility index (Phi) is 6.42. The highest BCUT2D eigenvalue weighted by Gasteiger charge is 2.21. The Balaban J connectivity index is 1.88. The Labute approximate surface area is 138 Å². The van der Waals surface area contributed by atoms with Crippen molar-refractivity contribution < 1.29 is 14.3 Å². The maximum absolute atomic E-state index is 12.3. The molecule has 1 aromatic rings. The predicted molar refractivity (Wildman–Crippen MR) is 90.7 cm³/mol. The fraction of sp³-hybridized carbons (Fsp3) is 0.611. The van der Waals surface area contributed by atoms with Gasteiger partial charge in [0.15, 0.2) is 0 Å². The molecule has 0 spiro atoms. The zero-order valence-electron chi connectivity index (χ0n) is 14.1. The Morgan fingerprint density at radius 2 is 2.22 bits per heavy atom. The van der Waals surface area contributed by atoms with Crippen LogP contribution in [0.1, 0.15) is 49.9 Å². The summed E-state index contributed by atoms with van der Waals surface area (Å²) >= 11 is 0. The number of carbonyl (C=O) groups excluding carboxylic acids is 1. The van der Waals surface area contributed by atoms with Crippen molar-refractivity contribution in [1.82, 2.24) is 5.32 Å². The van der Waals surface area contributed by atoms with Gasteiger partial charge in [-0.05, 0) is 43.9 Å². The molecule has 1 heterocycles. The fourth-order valence-corrected chi connectivity index (χ4v) is 2.55. The lowest BCUT2D eigenvalue weighted by molar-refractivity contribution is 0.0679. The highest BCUT2D eigenvalue weighted by molar-refractivity contribution is 5.94. The Hall–Kier alpha value is -1.59. The molecule has 2 rings (SSSR count). The van der Waals surface area contributed by atoms with E-state index in [9.17, 15) is 4.79 Å². The largest absolute Gasteiger partial charge is 0.491 e. The van der Waals surface area contributed by atoms with Crippen LogP contribution in [0.15, 0.2) is 24.3 Å². The first kappa shape index (κ1) is 17.8. The van der Waals surface area contributed by atoms with Gasteiger partial charge in [0.25, 0.3) is 5.91 Å². The smallest absolute Gasteiger partial charge is 0.251 e. The lowest BCUT2D eigenvalue weighted by atomic mass is 9.94. The summed E-state index contributed by atoms with van der Waals surface area (Å²) in [6.07, 6.45) is 3.95. The SMILES string of the molecule is CCC(N)(CC)CNC(=O)c1cccc(OCC2CCCO2)c1. The molecule has 1 unspecified atom stereocenters. The minimum absolute atomic E-state index is 0.121. The van der Waals surface area contributed by atoms with Gasteiger partial charge in [-0.3, -0.25) is 4.79 Å². The highest BCUT2D eigenvalue weighted by Crippen LogP contribution is 2.17. The number of hydrogen-bond donors (Lipinski definition) is 2. The summed E-state index contributed by atoms with van der Waals surface area (Å²) in [5.74, 6) is 0.572. The van der Waals surface area contributed by atoms with Gasteiger partial charge in [0, 0.05) is 24.3 Å². The molecule has 5 heteroatoms. The van der Waals surface area contributed by atoms with Crippen LogP contribution in [0.25, 0.3) is 0 Å². The topological polar surface area (TPSA) is 73.6 Å². The molecule has 0 radical (unpaired) electrons. The van der Waals surface area contributed by atoms with Crippen LogP contribution in [-0.4, -0.2) is 37.3 Å². The van der Waals surface area contributed by atoms with Crippen LogP contribution in [-0.2, 0) is 4.74 Å². The van der Waals surface area contributed by atoms with Crippen molar-refractivity contribution in [3.8, 4) is 5.75 Å². The van der Waals surface area contributed by atoms with Crippen molar-refractivity contribution in [2.75, 3.05) is 19.8 Å². The van der Waals surface area contributed by atoms with Gasteiger partial charge in [0.1, 0.15) is 12.4 Å². The average Bonchev–Trinajstić information content (AvgIpc) is 3.11. The summed E-state index contributed by atoms with van der Waals surface area (Å²) in [7, 11) is 0. The van der Waals surface area contributed by atoms with Crippen LogP contribution in [0.3, 0.4) is 0 Å². The van der Waals surface area contributed by atoms with Crippen LogP contribution in [0.4, 0.5) is 0 Å². The first-order valence-electron chi connectivity index (χ1n) is 8.48. The normalized spacial score (nSPS) is 18.0. The van der Waals surface area contributed by atoms with Gasteiger partial charge in [-0.1, -0.05) is 19.9 Å². The van der Waals surface area contributed by atoms with Gasteiger partial charge < -0.3 is 20.5 Å². The van der Waals surface area contributed by atoms with Crippen molar-refractivity contribution >= 4 is 5.91 Å². The molecule has 1 aromatic carbocycles. The second kappa shape index (κ2) is 8.31. The summed E-state index contributed by atoms with van der Waals surface area (Å²) in [4.78, 5) is 12.3. The zero-order chi connectivity index (χ0) is 16.7. The molecular weight excluding hydrogens is 292 g/mol. The lowest BCUT2D eigenvalue weighted by Gasteiger charge is -2.26. The third-order valence-corrected chi connectivity index (χ3v) is 4.57.